The van der Waals surface area contributed by atoms with Crippen LogP contribution in [-0.2, 0) is 10.0 Å². The van der Waals surface area contributed by atoms with E-state index in [9.17, 15) is 23.1 Å². The van der Waals surface area contributed by atoms with Crippen LogP contribution in [0.4, 0.5) is 11.4 Å². The molecule has 31 heavy (non-hydrogen) atoms. The maximum Gasteiger partial charge on any atom is 0.337 e. The molecule has 3 aromatic rings. The van der Waals surface area contributed by atoms with Gasteiger partial charge in [-0.1, -0.05) is 29.3 Å². The molecular weight excluding hydrogens is 463 g/mol. The van der Waals surface area contributed by atoms with Crippen molar-refractivity contribution in [1.82, 2.24) is 0 Å². The van der Waals surface area contributed by atoms with Crippen molar-refractivity contribution in [3.05, 3.63) is 87.9 Å². The number of rotatable bonds is 6. The molecule has 160 valence electrons. The van der Waals surface area contributed by atoms with Crippen molar-refractivity contribution in [1.29, 1.82) is 0 Å². The second kappa shape index (κ2) is 8.97. The van der Waals surface area contributed by atoms with Crippen molar-refractivity contribution in [3.63, 3.8) is 0 Å². The first-order valence-corrected chi connectivity index (χ1v) is 11.0. The number of carbonyl (C=O) groups excluding carboxylic acids is 1. The molecule has 0 unspecified atom stereocenters. The van der Waals surface area contributed by atoms with E-state index < -0.39 is 21.9 Å². The fraction of sp³-hybridized carbons (Fsp3) is 0.0476. The molecule has 2 N–H and O–H groups in total. The van der Waals surface area contributed by atoms with Crippen molar-refractivity contribution in [2.24, 2.45) is 0 Å². The Morgan fingerprint density at radius 2 is 1.58 bits per heavy atom. The van der Waals surface area contributed by atoms with Crippen LogP contribution in [0.3, 0.4) is 0 Å². The zero-order chi connectivity index (χ0) is 22.8. The number of amides is 1. The van der Waals surface area contributed by atoms with E-state index in [0.29, 0.717) is 10.7 Å². The minimum Gasteiger partial charge on any atom is -0.478 e. The van der Waals surface area contributed by atoms with Gasteiger partial charge in [0.25, 0.3) is 15.9 Å². The Kier molecular flexibility index (Phi) is 6.54. The average molecular weight is 479 g/mol. The monoisotopic (exact) mass is 478 g/mol. The zero-order valence-corrected chi connectivity index (χ0v) is 18.4. The van der Waals surface area contributed by atoms with E-state index in [1.54, 1.807) is 24.3 Å². The van der Waals surface area contributed by atoms with Gasteiger partial charge in [0.05, 0.1) is 21.8 Å². The minimum atomic E-state index is -3.96. The first kappa shape index (κ1) is 22.6. The predicted molar refractivity (Wildman–Crippen MR) is 120 cm³/mol. The van der Waals surface area contributed by atoms with Gasteiger partial charge in [-0.05, 0) is 60.7 Å². The topological polar surface area (TPSA) is 104 Å². The molecule has 3 rings (SSSR count). The van der Waals surface area contributed by atoms with Gasteiger partial charge in [-0.15, -0.1) is 0 Å². The third kappa shape index (κ3) is 4.99. The number of nitrogens with one attached hydrogen (secondary N) is 1. The number of nitrogens with zero attached hydrogens (tertiary/aromatic N) is 1. The summed E-state index contributed by atoms with van der Waals surface area (Å²) in [5, 5.41) is 12.5. The zero-order valence-electron chi connectivity index (χ0n) is 16.0. The number of sulfonamides is 1. The fourth-order valence-corrected chi connectivity index (χ4v) is 4.28. The molecule has 0 aliphatic carbocycles. The number of hydrogen-bond acceptors (Lipinski definition) is 4. The van der Waals surface area contributed by atoms with Crippen molar-refractivity contribution in [2.45, 2.75) is 4.90 Å². The van der Waals surface area contributed by atoms with Gasteiger partial charge in [-0.2, -0.15) is 0 Å². The van der Waals surface area contributed by atoms with Gasteiger partial charge in [0.15, 0.2) is 0 Å². The normalized spacial score (nSPS) is 11.1. The minimum absolute atomic E-state index is 0.0356. The molecule has 7 nitrogen and oxygen atoms in total. The van der Waals surface area contributed by atoms with Gasteiger partial charge in [0.2, 0.25) is 0 Å². The molecule has 0 atom stereocenters. The Morgan fingerprint density at radius 3 is 2.23 bits per heavy atom. The van der Waals surface area contributed by atoms with E-state index in [1.165, 1.54) is 49.5 Å². The van der Waals surface area contributed by atoms with Crippen molar-refractivity contribution < 1.29 is 23.1 Å². The Hall–Kier alpha value is -3.07. The molecule has 0 aliphatic heterocycles. The third-order valence-electron chi connectivity index (χ3n) is 4.41. The molecular formula is C21H16Cl2N2O5S. The quantitative estimate of drug-likeness (QED) is 0.530. The van der Waals surface area contributed by atoms with E-state index in [2.05, 4.69) is 5.32 Å². The number of hydrogen-bond donors (Lipinski definition) is 2. The lowest BCUT2D eigenvalue weighted by Crippen LogP contribution is -2.26. The maximum absolute atomic E-state index is 13.0. The highest BCUT2D eigenvalue weighted by Gasteiger charge is 2.23. The largest absolute Gasteiger partial charge is 0.478 e. The number of carboxylic acid groups (broad SMARTS) is 1. The van der Waals surface area contributed by atoms with Gasteiger partial charge in [0.1, 0.15) is 0 Å². The van der Waals surface area contributed by atoms with Crippen LogP contribution in [-0.4, -0.2) is 32.4 Å². The van der Waals surface area contributed by atoms with E-state index in [1.807, 2.05) is 0 Å². The van der Waals surface area contributed by atoms with Crippen LogP contribution in [0.25, 0.3) is 0 Å². The van der Waals surface area contributed by atoms with Crippen LogP contribution in [0, 0.1) is 0 Å². The Balaban J connectivity index is 1.90. The van der Waals surface area contributed by atoms with Crippen molar-refractivity contribution >= 4 is 56.5 Å². The third-order valence-corrected chi connectivity index (χ3v) is 6.67. The summed E-state index contributed by atoms with van der Waals surface area (Å²) in [6.45, 7) is 0. The fourth-order valence-electron chi connectivity index (χ4n) is 2.74. The number of carboxylic acids is 1. The molecule has 0 fully saturated rings. The summed E-state index contributed by atoms with van der Waals surface area (Å²) in [5.74, 6) is -1.94. The lowest BCUT2D eigenvalue weighted by Gasteiger charge is -2.20. The first-order chi connectivity index (χ1) is 14.6. The molecule has 10 heteroatoms. The van der Waals surface area contributed by atoms with Crippen molar-refractivity contribution in [2.75, 3.05) is 16.7 Å². The number of carbonyl (C=O) groups is 2. The van der Waals surface area contributed by atoms with Crippen LogP contribution in [0.2, 0.25) is 10.0 Å². The Labute approximate surface area is 188 Å². The summed E-state index contributed by atoms with van der Waals surface area (Å²) in [6.07, 6.45) is 0. The van der Waals surface area contributed by atoms with Gasteiger partial charge in [-0.25, -0.2) is 13.2 Å². The maximum atomic E-state index is 13.0. The SMILES string of the molecule is CN(c1ccc(Cl)cc1)S(=O)(=O)c1cccc(C(=O)Nc2ccc(Cl)cc2C(=O)O)c1. The molecule has 0 heterocycles. The van der Waals surface area contributed by atoms with E-state index >= 15 is 0 Å². The van der Waals surface area contributed by atoms with Gasteiger partial charge in [-0.3, -0.25) is 9.10 Å². The highest BCUT2D eigenvalue weighted by atomic mass is 35.5. The van der Waals surface area contributed by atoms with Crippen LogP contribution in [0.5, 0.6) is 0 Å². The molecule has 0 saturated carbocycles. The number of aromatic carboxylic acids is 1. The van der Waals surface area contributed by atoms with E-state index in [-0.39, 0.29) is 26.7 Å². The molecule has 0 aliphatic rings. The Morgan fingerprint density at radius 1 is 0.935 bits per heavy atom. The molecule has 1 amide bonds. The summed E-state index contributed by atoms with van der Waals surface area (Å²) < 4.78 is 27.1. The highest BCUT2D eigenvalue weighted by molar-refractivity contribution is 7.92. The van der Waals surface area contributed by atoms with Gasteiger partial charge in [0, 0.05) is 22.7 Å². The predicted octanol–water partition coefficient (Wildman–Crippen LogP) is 4.77. The summed E-state index contributed by atoms with van der Waals surface area (Å²) in [7, 11) is -2.58. The van der Waals surface area contributed by atoms with Crippen LogP contribution in [0.1, 0.15) is 20.7 Å². The average Bonchev–Trinajstić information content (AvgIpc) is 2.75. The summed E-state index contributed by atoms with van der Waals surface area (Å²) >= 11 is 11.7. The van der Waals surface area contributed by atoms with Crippen LogP contribution in [0.15, 0.2) is 71.6 Å². The number of benzene rings is 3. The summed E-state index contributed by atoms with van der Waals surface area (Å²) in [4.78, 5) is 24.0. The molecule has 0 bridgehead atoms. The smallest absolute Gasteiger partial charge is 0.337 e. The molecule has 0 saturated heterocycles. The van der Waals surface area contributed by atoms with Crippen molar-refractivity contribution in [3.8, 4) is 0 Å². The summed E-state index contributed by atoms with van der Waals surface area (Å²) in [6, 6.07) is 15.7. The summed E-state index contributed by atoms with van der Waals surface area (Å²) in [5.41, 5.74) is 0.281. The molecule has 0 radical (unpaired) electrons. The van der Waals surface area contributed by atoms with Gasteiger partial charge < -0.3 is 10.4 Å². The lowest BCUT2D eigenvalue weighted by molar-refractivity contribution is 0.0698. The van der Waals surface area contributed by atoms with Crippen LogP contribution < -0.4 is 9.62 Å². The lowest BCUT2D eigenvalue weighted by atomic mass is 10.1. The standard InChI is InChI=1S/C21H16Cl2N2O5S/c1-25(16-8-5-14(22)6-9-16)31(29,30)17-4-2-3-13(11-17)20(26)24-19-10-7-15(23)12-18(19)21(27)28/h2-12H,1H3,(H,24,26)(H,27,28). The molecule has 3 aromatic carbocycles. The Bertz CT molecular complexity index is 1260. The van der Waals surface area contributed by atoms with E-state index in [4.69, 9.17) is 23.2 Å². The number of halogens is 2. The first-order valence-electron chi connectivity index (χ1n) is 8.78. The molecule has 0 spiro atoms. The molecule has 0 aromatic heterocycles. The number of anilines is 2. The van der Waals surface area contributed by atoms with Crippen LogP contribution >= 0.6 is 23.2 Å². The second-order valence-electron chi connectivity index (χ2n) is 6.43. The van der Waals surface area contributed by atoms with Gasteiger partial charge >= 0.3 is 5.97 Å². The highest BCUT2D eigenvalue weighted by Crippen LogP contribution is 2.25. The second-order valence-corrected chi connectivity index (χ2v) is 9.27. The van der Waals surface area contributed by atoms with E-state index in [0.717, 1.165) is 4.31 Å².